The molecule has 132 valence electrons. The van der Waals surface area contributed by atoms with Crippen LogP contribution in [0.3, 0.4) is 0 Å². The SMILES string of the molecule is O=C(NCCCN1CCC(O)CC1)C(=O)Nc1ccc(Br)c(F)c1. The van der Waals surface area contributed by atoms with Gasteiger partial charge in [0.1, 0.15) is 5.82 Å². The van der Waals surface area contributed by atoms with E-state index in [0.717, 1.165) is 45.0 Å². The van der Waals surface area contributed by atoms with Gasteiger partial charge in [-0.2, -0.15) is 0 Å². The molecule has 1 aromatic carbocycles. The molecule has 1 heterocycles. The van der Waals surface area contributed by atoms with Crippen molar-refractivity contribution in [3.8, 4) is 0 Å². The number of hydrogen-bond donors (Lipinski definition) is 3. The number of likely N-dealkylation sites (tertiary alicyclic amines) is 1. The summed E-state index contributed by atoms with van der Waals surface area (Å²) in [5.74, 6) is -2.08. The van der Waals surface area contributed by atoms with Crippen LogP contribution in [0.1, 0.15) is 19.3 Å². The number of carbonyl (C=O) groups excluding carboxylic acids is 2. The highest BCUT2D eigenvalue weighted by atomic mass is 79.9. The van der Waals surface area contributed by atoms with Crippen molar-refractivity contribution in [3.05, 3.63) is 28.5 Å². The largest absolute Gasteiger partial charge is 0.393 e. The molecule has 3 N–H and O–H groups in total. The topological polar surface area (TPSA) is 81.7 Å². The Kier molecular flexibility index (Phi) is 7.14. The molecule has 0 bridgehead atoms. The summed E-state index contributed by atoms with van der Waals surface area (Å²) in [6.45, 7) is 2.90. The second-order valence-corrected chi connectivity index (χ2v) is 6.62. The molecule has 0 radical (unpaired) electrons. The van der Waals surface area contributed by atoms with E-state index < -0.39 is 17.6 Å². The minimum Gasteiger partial charge on any atom is -0.393 e. The minimum atomic E-state index is -0.821. The van der Waals surface area contributed by atoms with Crippen LogP contribution >= 0.6 is 15.9 Å². The van der Waals surface area contributed by atoms with Gasteiger partial charge in [0, 0.05) is 25.3 Å². The molecule has 0 atom stereocenters. The Morgan fingerprint density at radius 3 is 2.67 bits per heavy atom. The van der Waals surface area contributed by atoms with Crippen LogP contribution in [0, 0.1) is 5.82 Å². The number of hydrogen-bond acceptors (Lipinski definition) is 4. The average molecular weight is 402 g/mol. The zero-order valence-corrected chi connectivity index (χ0v) is 14.8. The summed E-state index contributed by atoms with van der Waals surface area (Å²) < 4.78 is 13.6. The van der Waals surface area contributed by atoms with Crippen LogP contribution in [-0.4, -0.2) is 54.1 Å². The highest BCUT2D eigenvalue weighted by Gasteiger charge is 2.17. The first kappa shape index (κ1) is 18.8. The maximum atomic E-state index is 13.4. The molecule has 1 saturated heterocycles. The summed E-state index contributed by atoms with van der Waals surface area (Å²) in [6.07, 6.45) is 2.08. The summed E-state index contributed by atoms with van der Waals surface area (Å²) in [7, 11) is 0. The molecule has 6 nitrogen and oxygen atoms in total. The molecule has 0 aliphatic carbocycles. The van der Waals surface area contributed by atoms with Crippen LogP contribution in [0.4, 0.5) is 10.1 Å². The van der Waals surface area contributed by atoms with Crippen LogP contribution in [-0.2, 0) is 9.59 Å². The first-order valence-electron chi connectivity index (χ1n) is 7.90. The fourth-order valence-electron chi connectivity index (χ4n) is 2.49. The fraction of sp³-hybridized carbons (Fsp3) is 0.500. The van der Waals surface area contributed by atoms with E-state index in [4.69, 9.17) is 0 Å². The highest BCUT2D eigenvalue weighted by Crippen LogP contribution is 2.19. The first-order chi connectivity index (χ1) is 11.5. The average Bonchev–Trinajstić information content (AvgIpc) is 2.56. The predicted octanol–water partition coefficient (Wildman–Crippen LogP) is 1.49. The predicted molar refractivity (Wildman–Crippen MR) is 92.0 cm³/mol. The highest BCUT2D eigenvalue weighted by molar-refractivity contribution is 9.10. The molecular formula is C16H21BrFN3O3. The molecule has 2 rings (SSSR count). The molecule has 1 aliphatic heterocycles. The summed E-state index contributed by atoms with van der Waals surface area (Å²) >= 11 is 3.02. The monoisotopic (exact) mass is 401 g/mol. The van der Waals surface area contributed by atoms with E-state index in [1.54, 1.807) is 0 Å². The van der Waals surface area contributed by atoms with Crippen molar-refractivity contribution < 1.29 is 19.1 Å². The number of nitrogens with one attached hydrogen (secondary N) is 2. The molecule has 0 saturated carbocycles. The van der Waals surface area contributed by atoms with Crippen LogP contribution in [0.15, 0.2) is 22.7 Å². The number of amides is 2. The lowest BCUT2D eigenvalue weighted by atomic mass is 10.1. The lowest BCUT2D eigenvalue weighted by Gasteiger charge is -2.29. The van der Waals surface area contributed by atoms with E-state index in [0.29, 0.717) is 6.54 Å². The molecule has 1 aromatic rings. The van der Waals surface area contributed by atoms with Gasteiger partial charge in [0.05, 0.1) is 10.6 Å². The maximum Gasteiger partial charge on any atom is 0.313 e. The van der Waals surface area contributed by atoms with E-state index >= 15 is 0 Å². The lowest BCUT2D eigenvalue weighted by molar-refractivity contribution is -0.136. The fourth-order valence-corrected chi connectivity index (χ4v) is 2.74. The second-order valence-electron chi connectivity index (χ2n) is 5.77. The maximum absolute atomic E-state index is 13.4. The van der Waals surface area contributed by atoms with Crippen molar-refractivity contribution in [2.24, 2.45) is 0 Å². The standard InChI is InChI=1S/C16H21BrFN3O3/c17-13-3-2-11(10-14(13)18)20-16(24)15(23)19-6-1-7-21-8-4-12(22)5-9-21/h2-3,10,12,22H,1,4-9H2,(H,19,23)(H,20,24). The number of piperidine rings is 1. The zero-order valence-electron chi connectivity index (χ0n) is 13.2. The Balaban J connectivity index is 1.66. The van der Waals surface area contributed by atoms with Crippen molar-refractivity contribution in [3.63, 3.8) is 0 Å². The van der Waals surface area contributed by atoms with Gasteiger partial charge in [-0.3, -0.25) is 9.59 Å². The van der Waals surface area contributed by atoms with Crippen molar-refractivity contribution in [2.45, 2.75) is 25.4 Å². The number of nitrogens with zero attached hydrogens (tertiary/aromatic N) is 1. The number of benzene rings is 1. The van der Waals surface area contributed by atoms with Crippen LogP contribution in [0.5, 0.6) is 0 Å². The Morgan fingerprint density at radius 1 is 1.29 bits per heavy atom. The Morgan fingerprint density at radius 2 is 2.00 bits per heavy atom. The number of halogens is 2. The van der Waals surface area contributed by atoms with Crippen molar-refractivity contribution in [2.75, 3.05) is 31.5 Å². The third-order valence-electron chi connectivity index (χ3n) is 3.88. The van der Waals surface area contributed by atoms with Crippen LogP contribution < -0.4 is 10.6 Å². The zero-order chi connectivity index (χ0) is 17.5. The van der Waals surface area contributed by atoms with Gasteiger partial charge in [-0.1, -0.05) is 0 Å². The van der Waals surface area contributed by atoms with Gasteiger partial charge in [0.2, 0.25) is 0 Å². The third-order valence-corrected chi connectivity index (χ3v) is 4.52. The first-order valence-corrected chi connectivity index (χ1v) is 8.69. The smallest absolute Gasteiger partial charge is 0.313 e. The Bertz CT molecular complexity index is 592. The summed E-state index contributed by atoms with van der Waals surface area (Å²) in [4.78, 5) is 25.7. The van der Waals surface area contributed by atoms with Crippen LogP contribution in [0.25, 0.3) is 0 Å². The van der Waals surface area contributed by atoms with Crippen LogP contribution in [0.2, 0.25) is 0 Å². The Hall–Kier alpha value is -1.51. The van der Waals surface area contributed by atoms with Gasteiger partial charge in [-0.25, -0.2) is 4.39 Å². The molecular weight excluding hydrogens is 381 g/mol. The molecule has 2 amide bonds. The van der Waals surface area contributed by atoms with Gasteiger partial charge >= 0.3 is 11.8 Å². The number of aliphatic hydroxyl groups excluding tert-OH is 1. The van der Waals surface area contributed by atoms with E-state index in [-0.39, 0.29) is 16.3 Å². The number of aliphatic hydroxyl groups is 1. The molecule has 0 aromatic heterocycles. The number of carbonyl (C=O) groups is 2. The van der Waals surface area contributed by atoms with Crippen molar-refractivity contribution in [1.29, 1.82) is 0 Å². The molecule has 1 fully saturated rings. The third kappa shape index (κ3) is 5.85. The van der Waals surface area contributed by atoms with E-state index in [1.807, 2.05) is 0 Å². The molecule has 0 unspecified atom stereocenters. The molecule has 0 spiro atoms. The summed E-state index contributed by atoms with van der Waals surface area (Å²) in [6, 6.07) is 4.10. The van der Waals surface area contributed by atoms with E-state index in [1.165, 1.54) is 12.1 Å². The van der Waals surface area contributed by atoms with E-state index in [9.17, 15) is 19.1 Å². The summed E-state index contributed by atoms with van der Waals surface area (Å²) in [5, 5.41) is 14.3. The lowest BCUT2D eigenvalue weighted by Crippen LogP contribution is -2.39. The van der Waals surface area contributed by atoms with Gasteiger partial charge in [-0.05, 0) is 59.9 Å². The summed E-state index contributed by atoms with van der Waals surface area (Å²) in [5.41, 5.74) is 0.225. The number of rotatable bonds is 5. The number of anilines is 1. The van der Waals surface area contributed by atoms with Crippen molar-refractivity contribution >= 4 is 33.4 Å². The quantitative estimate of drug-likeness (QED) is 0.515. The van der Waals surface area contributed by atoms with E-state index in [2.05, 4.69) is 31.5 Å². The molecule has 24 heavy (non-hydrogen) atoms. The second kappa shape index (κ2) is 9.10. The Labute approximate surface area is 148 Å². The van der Waals surface area contributed by atoms with Gasteiger partial charge in [0.15, 0.2) is 0 Å². The van der Waals surface area contributed by atoms with Gasteiger partial charge in [0.25, 0.3) is 0 Å². The van der Waals surface area contributed by atoms with Crippen molar-refractivity contribution in [1.82, 2.24) is 10.2 Å². The molecule has 8 heteroatoms. The van der Waals surface area contributed by atoms with Gasteiger partial charge in [-0.15, -0.1) is 0 Å². The minimum absolute atomic E-state index is 0.201. The molecule has 1 aliphatic rings. The van der Waals surface area contributed by atoms with Gasteiger partial charge < -0.3 is 20.6 Å². The normalized spacial score (nSPS) is 16.0.